The number of rotatable bonds is 4. The van der Waals surface area contributed by atoms with Gasteiger partial charge in [0.2, 0.25) is 10.0 Å². The van der Waals surface area contributed by atoms with E-state index in [0.717, 1.165) is 22.0 Å². The zero-order chi connectivity index (χ0) is 18.0. The zero-order valence-corrected chi connectivity index (χ0v) is 16.8. The SMILES string of the molecule is Cc1ccc(NC(=O)c2cccc(S(=O)(=O)N3CCCC3)c2)cc1I. The van der Waals surface area contributed by atoms with Gasteiger partial charge in [-0.1, -0.05) is 12.1 Å². The average molecular weight is 470 g/mol. The highest BCUT2D eigenvalue weighted by molar-refractivity contribution is 14.1. The topological polar surface area (TPSA) is 66.5 Å². The Labute approximate surface area is 161 Å². The summed E-state index contributed by atoms with van der Waals surface area (Å²) in [6.45, 7) is 3.08. The molecule has 0 aromatic heterocycles. The zero-order valence-electron chi connectivity index (χ0n) is 13.8. The van der Waals surface area contributed by atoms with E-state index in [-0.39, 0.29) is 10.8 Å². The maximum atomic E-state index is 12.6. The van der Waals surface area contributed by atoms with Crippen LogP contribution >= 0.6 is 22.6 Å². The molecule has 5 nitrogen and oxygen atoms in total. The van der Waals surface area contributed by atoms with Gasteiger partial charge < -0.3 is 5.32 Å². The number of nitrogens with zero attached hydrogens (tertiary/aromatic N) is 1. The fourth-order valence-corrected chi connectivity index (χ4v) is 4.83. The van der Waals surface area contributed by atoms with Crippen molar-refractivity contribution in [2.75, 3.05) is 18.4 Å². The van der Waals surface area contributed by atoms with Crippen LogP contribution in [0.3, 0.4) is 0 Å². The van der Waals surface area contributed by atoms with Crippen molar-refractivity contribution in [1.29, 1.82) is 0 Å². The van der Waals surface area contributed by atoms with E-state index < -0.39 is 10.0 Å². The molecule has 1 N–H and O–H groups in total. The van der Waals surface area contributed by atoms with Gasteiger partial charge in [-0.3, -0.25) is 4.79 Å². The quantitative estimate of drug-likeness (QED) is 0.695. The molecule has 1 amide bonds. The van der Waals surface area contributed by atoms with Crippen molar-refractivity contribution in [3.63, 3.8) is 0 Å². The molecule has 25 heavy (non-hydrogen) atoms. The monoisotopic (exact) mass is 470 g/mol. The molecule has 0 spiro atoms. The minimum Gasteiger partial charge on any atom is -0.322 e. The molecule has 0 saturated carbocycles. The fraction of sp³-hybridized carbons (Fsp3) is 0.278. The summed E-state index contributed by atoms with van der Waals surface area (Å²) in [7, 11) is -3.53. The van der Waals surface area contributed by atoms with Crippen molar-refractivity contribution >= 4 is 44.2 Å². The molecule has 1 heterocycles. The second-order valence-corrected chi connectivity index (χ2v) is 9.16. The van der Waals surface area contributed by atoms with Gasteiger partial charge in [-0.15, -0.1) is 0 Å². The number of carbonyl (C=O) groups is 1. The average Bonchev–Trinajstić information content (AvgIpc) is 3.14. The lowest BCUT2D eigenvalue weighted by Crippen LogP contribution is -2.28. The molecule has 3 rings (SSSR count). The lowest BCUT2D eigenvalue weighted by atomic mass is 10.2. The Morgan fingerprint density at radius 2 is 1.84 bits per heavy atom. The molecular weight excluding hydrogens is 451 g/mol. The van der Waals surface area contributed by atoms with Gasteiger partial charge in [0, 0.05) is 27.9 Å². The first-order valence-electron chi connectivity index (χ1n) is 8.05. The highest BCUT2D eigenvalue weighted by Gasteiger charge is 2.27. The molecule has 1 saturated heterocycles. The predicted octanol–water partition coefficient (Wildman–Crippen LogP) is 3.64. The fourth-order valence-electron chi connectivity index (χ4n) is 2.75. The van der Waals surface area contributed by atoms with Crippen LogP contribution in [0.2, 0.25) is 0 Å². The molecule has 1 fully saturated rings. The van der Waals surface area contributed by atoms with E-state index in [1.54, 1.807) is 18.2 Å². The van der Waals surface area contributed by atoms with Gasteiger partial charge in [-0.05, 0) is 78.3 Å². The second kappa shape index (κ2) is 7.43. The van der Waals surface area contributed by atoms with Crippen LogP contribution in [0.1, 0.15) is 28.8 Å². The first-order valence-corrected chi connectivity index (χ1v) is 10.6. The molecule has 1 aliphatic rings. The van der Waals surface area contributed by atoms with Crippen LogP contribution < -0.4 is 5.32 Å². The number of sulfonamides is 1. The summed E-state index contributed by atoms with van der Waals surface area (Å²) in [6, 6.07) is 11.9. The van der Waals surface area contributed by atoms with Gasteiger partial charge in [-0.25, -0.2) is 8.42 Å². The first kappa shape index (κ1) is 18.3. The maximum Gasteiger partial charge on any atom is 0.255 e. The molecule has 0 radical (unpaired) electrons. The Bertz CT molecular complexity index is 906. The molecule has 0 unspecified atom stereocenters. The van der Waals surface area contributed by atoms with Gasteiger partial charge >= 0.3 is 0 Å². The molecule has 2 aromatic carbocycles. The Balaban J connectivity index is 1.83. The summed E-state index contributed by atoms with van der Waals surface area (Å²) in [5.74, 6) is -0.321. The number of amides is 1. The highest BCUT2D eigenvalue weighted by Crippen LogP contribution is 2.22. The summed E-state index contributed by atoms with van der Waals surface area (Å²) in [5.41, 5.74) is 2.15. The summed E-state index contributed by atoms with van der Waals surface area (Å²) in [6.07, 6.45) is 1.76. The maximum absolute atomic E-state index is 12.6. The predicted molar refractivity (Wildman–Crippen MR) is 106 cm³/mol. The van der Waals surface area contributed by atoms with Gasteiger partial charge in [0.25, 0.3) is 5.91 Å². The van der Waals surface area contributed by atoms with Gasteiger partial charge in [0.05, 0.1) is 4.90 Å². The summed E-state index contributed by atoms with van der Waals surface area (Å²) in [4.78, 5) is 12.7. The number of carbonyl (C=O) groups excluding carboxylic acids is 1. The summed E-state index contributed by atoms with van der Waals surface area (Å²) in [5, 5.41) is 2.82. The van der Waals surface area contributed by atoms with E-state index in [2.05, 4.69) is 27.9 Å². The van der Waals surface area contributed by atoms with Gasteiger partial charge in [-0.2, -0.15) is 4.31 Å². The van der Waals surface area contributed by atoms with E-state index in [1.165, 1.54) is 10.4 Å². The second-order valence-electron chi connectivity index (χ2n) is 6.06. The molecule has 0 bridgehead atoms. The molecule has 0 atom stereocenters. The normalized spacial score (nSPS) is 15.3. The van der Waals surface area contributed by atoms with Crippen LogP contribution in [0, 0.1) is 10.5 Å². The summed E-state index contributed by atoms with van der Waals surface area (Å²) < 4.78 is 27.8. The molecular formula is C18H19IN2O3S. The number of nitrogens with one attached hydrogen (secondary N) is 1. The van der Waals surface area contributed by atoms with Crippen LogP contribution in [0.15, 0.2) is 47.4 Å². The van der Waals surface area contributed by atoms with Crippen molar-refractivity contribution in [2.24, 2.45) is 0 Å². The number of hydrogen-bond donors (Lipinski definition) is 1. The van der Waals surface area contributed by atoms with Crippen molar-refractivity contribution in [1.82, 2.24) is 4.31 Å². The van der Waals surface area contributed by atoms with Gasteiger partial charge in [0.15, 0.2) is 0 Å². The lowest BCUT2D eigenvalue weighted by molar-refractivity contribution is 0.102. The number of aryl methyl sites for hydroxylation is 1. The third kappa shape index (κ3) is 4.04. The molecule has 0 aliphatic carbocycles. The van der Waals surface area contributed by atoms with E-state index in [4.69, 9.17) is 0 Å². The van der Waals surface area contributed by atoms with E-state index >= 15 is 0 Å². The first-order chi connectivity index (χ1) is 11.9. The Kier molecular flexibility index (Phi) is 5.45. The lowest BCUT2D eigenvalue weighted by Gasteiger charge is -2.16. The number of anilines is 1. The van der Waals surface area contributed by atoms with Crippen LogP contribution in [0.4, 0.5) is 5.69 Å². The Morgan fingerprint density at radius 3 is 2.52 bits per heavy atom. The van der Waals surface area contributed by atoms with E-state index in [1.807, 2.05) is 25.1 Å². The third-order valence-electron chi connectivity index (χ3n) is 4.23. The molecule has 1 aliphatic heterocycles. The van der Waals surface area contributed by atoms with E-state index in [9.17, 15) is 13.2 Å². The molecule has 7 heteroatoms. The standard InChI is InChI=1S/C18H19IN2O3S/c1-13-7-8-15(12-17(13)19)20-18(22)14-5-4-6-16(11-14)25(23,24)21-9-2-3-10-21/h4-8,11-12H,2-3,9-10H2,1H3,(H,20,22). The van der Waals surface area contributed by atoms with E-state index in [0.29, 0.717) is 24.3 Å². The van der Waals surface area contributed by atoms with Crippen molar-refractivity contribution in [3.05, 3.63) is 57.2 Å². The molecule has 2 aromatic rings. The number of benzene rings is 2. The smallest absolute Gasteiger partial charge is 0.255 e. The number of hydrogen-bond acceptors (Lipinski definition) is 3. The third-order valence-corrected chi connectivity index (χ3v) is 7.29. The van der Waals surface area contributed by atoms with Crippen molar-refractivity contribution < 1.29 is 13.2 Å². The van der Waals surface area contributed by atoms with Crippen LogP contribution in [-0.2, 0) is 10.0 Å². The Morgan fingerprint density at radius 1 is 1.12 bits per heavy atom. The van der Waals surface area contributed by atoms with Crippen LogP contribution in [-0.4, -0.2) is 31.7 Å². The van der Waals surface area contributed by atoms with Crippen molar-refractivity contribution in [3.8, 4) is 0 Å². The molecule has 132 valence electrons. The largest absolute Gasteiger partial charge is 0.322 e. The summed E-state index contributed by atoms with van der Waals surface area (Å²) >= 11 is 2.21. The highest BCUT2D eigenvalue weighted by atomic mass is 127. The van der Waals surface area contributed by atoms with Crippen molar-refractivity contribution in [2.45, 2.75) is 24.7 Å². The number of halogens is 1. The van der Waals surface area contributed by atoms with Crippen LogP contribution in [0.5, 0.6) is 0 Å². The Hall–Kier alpha value is -1.45. The van der Waals surface area contributed by atoms with Gasteiger partial charge in [0.1, 0.15) is 0 Å². The van der Waals surface area contributed by atoms with Crippen LogP contribution in [0.25, 0.3) is 0 Å². The minimum absolute atomic E-state index is 0.167. The minimum atomic E-state index is -3.53.